The molecule has 0 bridgehead atoms. The minimum Gasteiger partial charge on any atom is -0.493 e. The number of hydrogen-bond donors (Lipinski definition) is 1. The van der Waals surface area contributed by atoms with Gasteiger partial charge in [0.1, 0.15) is 11.5 Å². The zero-order chi connectivity index (χ0) is 15.3. The Hall–Kier alpha value is -0.950. The van der Waals surface area contributed by atoms with Crippen molar-refractivity contribution in [2.24, 2.45) is 0 Å². The smallest absolute Gasteiger partial charge is 0.493 e. The van der Waals surface area contributed by atoms with Crippen molar-refractivity contribution in [1.82, 2.24) is 5.32 Å². The van der Waals surface area contributed by atoms with Gasteiger partial charge in [-0.1, -0.05) is 6.42 Å². The molecule has 0 aliphatic carbocycles. The SMILES string of the molecule is FC(F)(F)Oc1ccc(OCCC2CCCCN2)cc1Br. The normalized spacial score (nSPS) is 19.3. The predicted molar refractivity (Wildman–Crippen MR) is 76.6 cm³/mol. The summed E-state index contributed by atoms with van der Waals surface area (Å²) in [6, 6.07) is 4.66. The van der Waals surface area contributed by atoms with Crippen LogP contribution >= 0.6 is 15.9 Å². The molecule has 1 aromatic carbocycles. The fourth-order valence-corrected chi connectivity index (χ4v) is 2.71. The third-order valence-electron chi connectivity index (χ3n) is 3.28. The molecule has 0 saturated carbocycles. The Morgan fingerprint density at radius 1 is 1.29 bits per heavy atom. The fraction of sp³-hybridized carbons (Fsp3) is 0.571. The van der Waals surface area contributed by atoms with Gasteiger partial charge in [-0.25, -0.2) is 0 Å². The van der Waals surface area contributed by atoms with E-state index < -0.39 is 6.36 Å². The lowest BCUT2D eigenvalue weighted by Gasteiger charge is -2.23. The summed E-state index contributed by atoms with van der Waals surface area (Å²) in [4.78, 5) is 0. The van der Waals surface area contributed by atoms with E-state index in [1.807, 2.05) is 0 Å². The standard InChI is InChI=1S/C14H17BrF3NO2/c15-12-9-11(4-5-13(12)21-14(16,17)18)20-8-6-10-3-1-2-7-19-10/h4-5,9-10,19H,1-3,6-8H2. The summed E-state index contributed by atoms with van der Waals surface area (Å²) in [7, 11) is 0. The first kappa shape index (κ1) is 16.4. The second-order valence-corrected chi connectivity index (χ2v) is 5.78. The molecule has 21 heavy (non-hydrogen) atoms. The summed E-state index contributed by atoms with van der Waals surface area (Å²) in [5, 5.41) is 3.42. The van der Waals surface area contributed by atoms with Gasteiger partial charge in [-0.3, -0.25) is 0 Å². The van der Waals surface area contributed by atoms with Crippen LogP contribution in [0.15, 0.2) is 22.7 Å². The molecule has 1 fully saturated rings. The van der Waals surface area contributed by atoms with E-state index in [0.717, 1.165) is 19.4 Å². The molecule has 3 nitrogen and oxygen atoms in total. The van der Waals surface area contributed by atoms with Gasteiger partial charge in [-0.05, 0) is 59.9 Å². The van der Waals surface area contributed by atoms with Gasteiger partial charge in [0.05, 0.1) is 11.1 Å². The Morgan fingerprint density at radius 3 is 2.71 bits per heavy atom. The molecule has 1 N–H and O–H groups in total. The van der Waals surface area contributed by atoms with Gasteiger partial charge < -0.3 is 14.8 Å². The number of hydrogen-bond acceptors (Lipinski definition) is 3. The maximum atomic E-state index is 12.1. The van der Waals surface area contributed by atoms with Crippen LogP contribution in [0.3, 0.4) is 0 Å². The second-order valence-electron chi connectivity index (χ2n) is 4.92. The molecule has 1 atom stereocenters. The van der Waals surface area contributed by atoms with Crippen LogP contribution in [-0.4, -0.2) is 25.6 Å². The van der Waals surface area contributed by atoms with Gasteiger partial charge in [0.2, 0.25) is 0 Å². The molecule has 0 spiro atoms. The van der Waals surface area contributed by atoms with Gasteiger partial charge in [0.25, 0.3) is 0 Å². The minimum atomic E-state index is -4.70. The second kappa shape index (κ2) is 7.35. The monoisotopic (exact) mass is 367 g/mol. The Bertz CT molecular complexity index is 462. The van der Waals surface area contributed by atoms with Crippen LogP contribution in [0.2, 0.25) is 0 Å². The van der Waals surface area contributed by atoms with E-state index in [1.165, 1.54) is 31.0 Å². The molecule has 1 heterocycles. The van der Waals surface area contributed by atoms with Crippen molar-refractivity contribution in [3.05, 3.63) is 22.7 Å². The first-order valence-corrected chi connectivity index (χ1v) is 7.65. The molecule has 1 saturated heterocycles. The number of halogens is 4. The van der Waals surface area contributed by atoms with Gasteiger partial charge in [0.15, 0.2) is 0 Å². The van der Waals surface area contributed by atoms with Crippen LogP contribution in [0, 0.1) is 0 Å². The van der Waals surface area contributed by atoms with Crippen LogP contribution in [0.4, 0.5) is 13.2 Å². The van der Waals surface area contributed by atoms with E-state index in [1.54, 1.807) is 0 Å². The average Bonchev–Trinajstić information content (AvgIpc) is 2.42. The Morgan fingerprint density at radius 2 is 2.10 bits per heavy atom. The largest absolute Gasteiger partial charge is 0.573 e. The van der Waals surface area contributed by atoms with Crippen molar-refractivity contribution >= 4 is 15.9 Å². The number of nitrogens with one attached hydrogen (secondary N) is 1. The van der Waals surface area contributed by atoms with Crippen molar-refractivity contribution in [2.75, 3.05) is 13.2 Å². The van der Waals surface area contributed by atoms with Crippen LogP contribution < -0.4 is 14.8 Å². The molecule has 1 aromatic rings. The highest BCUT2D eigenvalue weighted by atomic mass is 79.9. The van der Waals surface area contributed by atoms with Crippen molar-refractivity contribution in [3.8, 4) is 11.5 Å². The van der Waals surface area contributed by atoms with E-state index >= 15 is 0 Å². The van der Waals surface area contributed by atoms with Gasteiger partial charge in [-0.15, -0.1) is 13.2 Å². The molecule has 1 aliphatic heterocycles. The van der Waals surface area contributed by atoms with E-state index in [9.17, 15) is 13.2 Å². The van der Waals surface area contributed by atoms with Crippen molar-refractivity contribution in [3.63, 3.8) is 0 Å². The Kier molecular flexibility index (Phi) is 5.75. The van der Waals surface area contributed by atoms with E-state index in [4.69, 9.17) is 4.74 Å². The zero-order valence-electron chi connectivity index (χ0n) is 11.4. The van der Waals surface area contributed by atoms with Crippen molar-refractivity contribution in [1.29, 1.82) is 0 Å². The maximum absolute atomic E-state index is 12.1. The Labute approximate surface area is 129 Å². The summed E-state index contributed by atoms with van der Waals surface area (Å²) in [6.07, 6.45) is -0.223. The molecular formula is C14H17BrF3NO2. The van der Waals surface area contributed by atoms with E-state index in [-0.39, 0.29) is 10.2 Å². The minimum absolute atomic E-state index is 0.216. The first-order valence-electron chi connectivity index (χ1n) is 6.85. The molecule has 118 valence electrons. The van der Waals surface area contributed by atoms with Gasteiger partial charge in [0, 0.05) is 6.04 Å². The number of benzene rings is 1. The highest BCUT2D eigenvalue weighted by molar-refractivity contribution is 9.10. The van der Waals surface area contributed by atoms with Crippen LogP contribution in [-0.2, 0) is 0 Å². The van der Waals surface area contributed by atoms with Crippen LogP contribution in [0.1, 0.15) is 25.7 Å². The highest BCUT2D eigenvalue weighted by Crippen LogP contribution is 2.33. The molecule has 0 amide bonds. The number of alkyl halides is 3. The molecule has 2 rings (SSSR count). The quantitative estimate of drug-likeness (QED) is 0.843. The van der Waals surface area contributed by atoms with E-state index in [2.05, 4.69) is 26.0 Å². The third-order valence-corrected chi connectivity index (χ3v) is 3.90. The maximum Gasteiger partial charge on any atom is 0.573 e. The average molecular weight is 368 g/mol. The lowest BCUT2D eigenvalue weighted by molar-refractivity contribution is -0.274. The zero-order valence-corrected chi connectivity index (χ0v) is 13.0. The van der Waals surface area contributed by atoms with Crippen molar-refractivity contribution in [2.45, 2.75) is 38.1 Å². The third kappa shape index (κ3) is 5.74. The number of ether oxygens (including phenoxy) is 2. The lowest BCUT2D eigenvalue weighted by atomic mass is 10.0. The molecule has 7 heteroatoms. The van der Waals surface area contributed by atoms with Gasteiger partial charge in [-0.2, -0.15) is 0 Å². The van der Waals surface area contributed by atoms with Crippen LogP contribution in [0.25, 0.3) is 0 Å². The van der Waals surface area contributed by atoms with Crippen molar-refractivity contribution < 1.29 is 22.6 Å². The summed E-state index contributed by atoms with van der Waals surface area (Å²) in [6.45, 7) is 1.57. The Balaban J connectivity index is 1.82. The molecule has 0 aromatic heterocycles. The fourth-order valence-electron chi connectivity index (χ4n) is 2.27. The first-order chi connectivity index (χ1) is 9.94. The summed E-state index contributed by atoms with van der Waals surface area (Å²) >= 11 is 3.05. The lowest BCUT2D eigenvalue weighted by Crippen LogP contribution is -2.35. The van der Waals surface area contributed by atoms with Crippen LogP contribution in [0.5, 0.6) is 11.5 Å². The number of piperidine rings is 1. The predicted octanol–water partition coefficient (Wildman–Crippen LogP) is 4.26. The van der Waals surface area contributed by atoms with Gasteiger partial charge >= 0.3 is 6.36 Å². The molecule has 1 aliphatic rings. The molecular weight excluding hydrogens is 351 g/mol. The summed E-state index contributed by atoms with van der Waals surface area (Å²) < 4.78 is 46.1. The summed E-state index contributed by atoms with van der Waals surface area (Å²) in [5.74, 6) is 0.246. The molecule has 0 radical (unpaired) electrons. The highest BCUT2D eigenvalue weighted by Gasteiger charge is 2.32. The molecule has 1 unspecified atom stereocenters. The topological polar surface area (TPSA) is 30.5 Å². The van der Waals surface area contributed by atoms with E-state index in [0.29, 0.717) is 18.4 Å². The summed E-state index contributed by atoms with van der Waals surface area (Å²) in [5.41, 5.74) is 0. The number of rotatable bonds is 5.